The molecule has 0 amide bonds. The van der Waals surface area contributed by atoms with Crippen molar-refractivity contribution in [1.29, 1.82) is 0 Å². The summed E-state index contributed by atoms with van der Waals surface area (Å²) < 4.78 is 20.5. The molecule has 1 aliphatic heterocycles. The molecule has 0 saturated carbocycles. The Morgan fingerprint density at radius 3 is 2.85 bits per heavy atom. The van der Waals surface area contributed by atoms with Crippen LogP contribution in [0.25, 0.3) is 16.9 Å². The molecule has 3 heterocycles. The average molecular weight is 368 g/mol. The van der Waals surface area contributed by atoms with E-state index in [9.17, 15) is 9.18 Å². The fourth-order valence-electron chi connectivity index (χ4n) is 3.45. The number of anilines is 1. The van der Waals surface area contributed by atoms with Crippen molar-refractivity contribution in [3.63, 3.8) is 0 Å². The highest BCUT2D eigenvalue weighted by atomic mass is 19.1. The Kier molecular flexibility index (Phi) is 4.53. The van der Waals surface area contributed by atoms with Crippen molar-refractivity contribution in [2.45, 2.75) is 12.5 Å². The van der Waals surface area contributed by atoms with E-state index in [1.54, 1.807) is 12.3 Å². The molecule has 3 aromatic rings. The maximum atomic E-state index is 14.0. The largest absolute Gasteiger partial charge is 0.494 e. The predicted octanol–water partition coefficient (Wildman–Crippen LogP) is 2.31. The minimum atomic E-state index is -0.487. The van der Waals surface area contributed by atoms with E-state index in [0.717, 1.165) is 25.2 Å². The van der Waals surface area contributed by atoms with Crippen molar-refractivity contribution >= 4 is 11.3 Å². The number of likely N-dealkylation sites (N-methyl/N-ethyl adjacent to an activating group) is 1. The number of rotatable bonds is 4. The number of hydrogen-bond acceptors (Lipinski definition) is 5. The van der Waals surface area contributed by atoms with Crippen molar-refractivity contribution in [3.8, 4) is 17.0 Å². The molecule has 6 nitrogen and oxygen atoms in total. The molecule has 0 bridgehead atoms. The first-order chi connectivity index (χ1) is 13.1. The Morgan fingerprint density at radius 1 is 1.30 bits per heavy atom. The third-order valence-corrected chi connectivity index (χ3v) is 5.08. The second kappa shape index (κ2) is 7.00. The molecule has 7 heteroatoms. The Labute approximate surface area is 156 Å². The molecule has 0 radical (unpaired) electrons. The van der Waals surface area contributed by atoms with Crippen LogP contribution in [0.5, 0.6) is 5.75 Å². The van der Waals surface area contributed by atoms with Gasteiger partial charge in [-0.15, -0.1) is 0 Å². The van der Waals surface area contributed by atoms with Crippen LogP contribution in [-0.2, 0) is 0 Å². The van der Waals surface area contributed by atoms with Gasteiger partial charge in [0.25, 0.3) is 5.56 Å². The summed E-state index contributed by atoms with van der Waals surface area (Å²) in [5.41, 5.74) is 2.25. The number of nitrogens with zero attached hydrogens (tertiary/aromatic N) is 3. The molecular weight excluding hydrogens is 347 g/mol. The SMILES string of the molecule is COc1ccc(-c2cc(=O)n3cc(N(C)[C@@H]4CCNC4)ccc3n2)cc1F. The van der Waals surface area contributed by atoms with E-state index in [4.69, 9.17) is 4.74 Å². The highest BCUT2D eigenvalue weighted by Gasteiger charge is 2.20. The summed E-state index contributed by atoms with van der Waals surface area (Å²) in [7, 11) is 3.45. The fraction of sp³-hybridized carbons (Fsp3) is 0.300. The van der Waals surface area contributed by atoms with Crippen LogP contribution in [0.2, 0.25) is 0 Å². The van der Waals surface area contributed by atoms with Crippen molar-refractivity contribution in [3.05, 3.63) is 58.8 Å². The van der Waals surface area contributed by atoms with E-state index in [1.807, 2.05) is 19.2 Å². The van der Waals surface area contributed by atoms with Crippen LogP contribution in [0, 0.1) is 5.82 Å². The molecule has 2 aromatic heterocycles. The molecule has 1 N–H and O–H groups in total. The number of halogens is 1. The third kappa shape index (κ3) is 3.26. The van der Waals surface area contributed by atoms with Crippen LogP contribution in [0.3, 0.4) is 0 Å². The first kappa shape index (κ1) is 17.5. The molecule has 1 aliphatic rings. The molecule has 1 aromatic carbocycles. The van der Waals surface area contributed by atoms with Crippen LogP contribution in [-0.4, -0.2) is 42.7 Å². The van der Waals surface area contributed by atoms with E-state index in [2.05, 4.69) is 15.2 Å². The maximum absolute atomic E-state index is 14.0. The van der Waals surface area contributed by atoms with Crippen LogP contribution in [0.15, 0.2) is 47.4 Å². The van der Waals surface area contributed by atoms with E-state index in [1.165, 1.54) is 29.7 Å². The van der Waals surface area contributed by atoms with Crippen LogP contribution in [0.1, 0.15) is 6.42 Å². The lowest BCUT2D eigenvalue weighted by Crippen LogP contribution is -2.33. The first-order valence-electron chi connectivity index (χ1n) is 8.88. The van der Waals surface area contributed by atoms with E-state index in [-0.39, 0.29) is 11.3 Å². The molecule has 0 spiro atoms. The number of nitrogens with one attached hydrogen (secondary N) is 1. The molecule has 27 heavy (non-hydrogen) atoms. The number of pyridine rings is 1. The van der Waals surface area contributed by atoms with Gasteiger partial charge in [-0.25, -0.2) is 9.37 Å². The topological polar surface area (TPSA) is 58.9 Å². The van der Waals surface area contributed by atoms with Crippen LogP contribution < -0.4 is 20.5 Å². The molecule has 140 valence electrons. The number of fused-ring (bicyclic) bond motifs is 1. The van der Waals surface area contributed by atoms with Gasteiger partial charge in [0, 0.05) is 37.5 Å². The second-order valence-electron chi connectivity index (χ2n) is 6.70. The minimum Gasteiger partial charge on any atom is -0.494 e. The predicted molar refractivity (Wildman–Crippen MR) is 103 cm³/mol. The zero-order valence-electron chi connectivity index (χ0n) is 15.3. The normalized spacial score (nSPS) is 16.6. The number of methoxy groups -OCH3 is 1. The van der Waals surface area contributed by atoms with Gasteiger partial charge in [-0.2, -0.15) is 0 Å². The van der Waals surface area contributed by atoms with Crippen LogP contribution in [0.4, 0.5) is 10.1 Å². The third-order valence-electron chi connectivity index (χ3n) is 5.08. The Balaban J connectivity index is 1.73. The molecule has 0 unspecified atom stereocenters. The molecule has 1 saturated heterocycles. The van der Waals surface area contributed by atoms with E-state index >= 15 is 0 Å². The van der Waals surface area contributed by atoms with Crippen molar-refractivity contribution in [2.24, 2.45) is 0 Å². The number of ether oxygens (including phenoxy) is 1. The zero-order valence-corrected chi connectivity index (χ0v) is 15.3. The Morgan fingerprint density at radius 2 is 2.15 bits per heavy atom. The van der Waals surface area contributed by atoms with Crippen molar-refractivity contribution < 1.29 is 9.13 Å². The van der Waals surface area contributed by atoms with Gasteiger partial charge < -0.3 is 15.0 Å². The van der Waals surface area contributed by atoms with E-state index < -0.39 is 5.82 Å². The minimum absolute atomic E-state index is 0.158. The van der Waals surface area contributed by atoms with Gasteiger partial charge in [0.1, 0.15) is 5.65 Å². The van der Waals surface area contributed by atoms with Gasteiger partial charge >= 0.3 is 0 Å². The van der Waals surface area contributed by atoms with Gasteiger partial charge in [0.15, 0.2) is 11.6 Å². The maximum Gasteiger partial charge on any atom is 0.258 e. The molecule has 0 aliphatic carbocycles. The van der Waals surface area contributed by atoms with E-state index in [0.29, 0.717) is 22.9 Å². The highest BCUT2D eigenvalue weighted by molar-refractivity contribution is 5.63. The van der Waals surface area contributed by atoms with Crippen molar-refractivity contribution in [2.75, 3.05) is 32.1 Å². The molecular formula is C20H21FN4O2. The van der Waals surface area contributed by atoms with Gasteiger partial charge in [0.05, 0.1) is 18.5 Å². The monoisotopic (exact) mass is 368 g/mol. The quantitative estimate of drug-likeness (QED) is 0.766. The lowest BCUT2D eigenvalue weighted by molar-refractivity contribution is 0.386. The summed E-state index contributed by atoms with van der Waals surface area (Å²) in [5, 5.41) is 3.35. The standard InChI is InChI=1S/C20H21FN4O2/c1-24(14-7-8-22-11-14)15-4-6-19-23-17(10-20(26)25(19)12-15)13-3-5-18(27-2)16(21)9-13/h3-6,9-10,12,14,22H,7-8,11H2,1-2H3/t14-/m1/s1. The van der Waals surface area contributed by atoms with Gasteiger partial charge in [-0.05, 0) is 43.3 Å². The number of aromatic nitrogens is 2. The Hall–Kier alpha value is -2.93. The lowest BCUT2D eigenvalue weighted by atomic mass is 10.1. The van der Waals surface area contributed by atoms with Crippen molar-refractivity contribution in [1.82, 2.24) is 14.7 Å². The summed E-state index contributed by atoms with van der Waals surface area (Å²) >= 11 is 0. The second-order valence-corrected chi connectivity index (χ2v) is 6.70. The lowest BCUT2D eigenvalue weighted by Gasteiger charge is -2.26. The highest BCUT2D eigenvalue weighted by Crippen LogP contribution is 2.24. The van der Waals surface area contributed by atoms with Gasteiger partial charge in [-0.3, -0.25) is 9.20 Å². The van der Waals surface area contributed by atoms with Gasteiger partial charge in [0.2, 0.25) is 0 Å². The Bertz CT molecular complexity index is 1040. The fourth-order valence-corrected chi connectivity index (χ4v) is 3.45. The smallest absolute Gasteiger partial charge is 0.258 e. The van der Waals surface area contributed by atoms with Gasteiger partial charge in [-0.1, -0.05) is 0 Å². The summed E-state index contributed by atoms with van der Waals surface area (Å²) in [5.74, 6) is -0.329. The summed E-state index contributed by atoms with van der Waals surface area (Å²) in [6.07, 6.45) is 2.88. The summed E-state index contributed by atoms with van der Waals surface area (Å²) in [4.78, 5) is 19.4. The van der Waals surface area contributed by atoms with Crippen LogP contribution >= 0.6 is 0 Å². The zero-order chi connectivity index (χ0) is 19.0. The number of hydrogen-bond donors (Lipinski definition) is 1. The molecule has 1 atom stereocenters. The average Bonchev–Trinajstić information content (AvgIpc) is 3.22. The first-order valence-corrected chi connectivity index (χ1v) is 8.88. The summed E-state index contributed by atoms with van der Waals surface area (Å²) in [6.45, 7) is 1.94. The number of benzene rings is 1. The molecule has 1 fully saturated rings. The molecule has 4 rings (SSSR count). The summed E-state index contributed by atoms with van der Waals surface area (Å²) in [6, 6.07) is 10.2.